The third-order valence-electron chi connectivity index (χ3n) is 5.36. The fourth-order valence-electron chi connectivity index (χ4n) is 4.01. The number of fused-ring (bicyclic) bond motifs is 3. The number of aliphatic hydroxyl groups excluding tert-OH is 1. The van der Waals surface area contributed by atoms with E-state index in [1.165, 1.54) is 10.9 Å². The van der Waals surface area contributed by atoms with Crippen LogP contribution in [-0.4, -0.2) is 47.4 Å². The molecule has 1 unspecified atom stereocenters. The quantitative estimate of drug-likeness (QED) is 0.505. The predicted molar refractivity (Wildman–Crippen MR) is 119 cm³/mol. The number of aromatic nitrogens is 1. The maximum absolute atomic E-state index is 12.7. The van der Waals surface area contributed by atoms with E-state index in [0.29, 0.717) is 26.2 Å². The van der Waals surface area contributed by atoms with Gasteiger partial charge in [0.15, 0.2) is 0 Å². The number of aromatic amines is 1. The van der Waals surface area contributed by atoms with E-state index in [1.54, 1.807) is 4.90 Å². The van der Waals surface area contributed by atoms with Crippen molar-refractivity contribution in [1.82, 2.24) is 9.88 Å². The van der Waals surface area contributed by atoms with Crippen molar-refractivity contribution in [1.29, 1.82) is 0 Å². The Balaban J connectivity index is 1.73. The summed E-state index contributed by atoms with van der Waals surface area (Å²) in [5, 5.41) is 10.1. The molecule has 30 heavy (non-hydrogen) atoms. The van der Waals surface area contributed by atoms with Gasteiger partial charge in [0.05, 0.1) is 13.2 Å². The summed E-state index contributed by atoms with van der Waals surface area (Å²) in [4.78, 5) is 18.1. The van der Waals surface area contributed by atoms with Gasteiger partial charge in [-0.3, -0.25) is 4.90 Å². The van der Waals surface area contributed by atoms with Gasteiger partial charge in [0.1, 0.15) is 11.8 Å². The van der Waals surface area contributed by atoms with E-state index in [1.807, 2.05) is 37.3 Å². The molecule has 1 aromatic heterocycles. The largest absolute Gasteiger partial charge is 0.494 e. The average Bonchev–Trinajstić information content (AvgIpc) is 3.12. The summed E-state index contributed by atoms with van der Waals surface area (Å²) < 4.78 is 12.0. The first kappa shape index (κ1) is 20.8. The van der Waals surface area contributed by atoms with Crippen LogP contribution in [0.3, 0.4) is 0 Å². The van der Waals surface area contributed by atoms with Gasteiger partial charge in [-0.1, -0.05) is 28.1 Å². The SMILES string of the molecule is CCOC(=O)N1CCc2c([nH]c3ccc(Br)cc23)C1c1ccc(OCCCO)cc1. The van der Waals surface area contributed by atoms with Gasteiger partial charge in [0.2, 0.25) is 0 Å². The number of halogens is 1. The van der Waals surface area contributed by atoms with Gasteiger partial charge < -0.3 is 19.6 Å². The summed E-state index contributed by atoms with van der Waals surface area (Å²) >= 11 is 3.57. The summed E-state index contributed by atoms with van der Waals surface area (Å²) in [5.41, 5.74) is 4.31. The molecular formula is C23H25BrN2O4. The van der Waals surface area contributed by atoms with E-state index in [-0.39, 0.29) is 18.7 Å². The molecule has 158 valence electrons. The first-order valence-electron chi connectivity index (χ1n) is 10.2. The van der Waals surface area contributed by atoms with E-state index in [4.69, 9.17) is 14.6 Å². The second-order valence-electron chi connectivity index (χ2n) is 7.25. The highest BCUT2D eigenvalue weighted by Gasteiger charge is 2.35. The molecule has 2 heterocycles. The van der Waals surface area contributed by atoms with Crippen molar-refractivity contribution in [2.24, 2.45) is 0 Å². The number of nitrogens with zero attached hydrogens (tertiary/aromatic N) is 1. The summed E-state index contributed by atoms with van der Waals surface area (Å²) in [6, 6.07) is 13.7. The van der Waals surface area contributed by atoms with Crippen molar-refractivity contribution in [2.75, 3.05) is 26.4 Å². The van der Waals surface area contributed by atoms with Gasteiger partial charge in [0, 0.05) is 40.6 Å². The zero-order valence-electron chi connectivity index (χ0n) is 16.9. The Bertz CT molecular complexity index is 1030. The van der Waals surface area contributed by atoms with Crippen molar-refractivity contribution < 1.29 is 19.4 Å². The highest BCUT2D eigenvalue weighted by atomic mass is 79.9. The molecule has 1 amide bonds. The number of aliphatic hydroxyl groups is 1. The smallest absolute Gasteiger partial charge is 0.410 e. The normalized spacial score (nSPS) is 15.8. The van der Waals surface area contributed by atoms with Crippen LogP contribution < -0.4 is 4.74 Å². The Morgan fingerprint density at radius 1 is 1.27 bits per heavy atom. The van der Waals surface area contributed by atoms with Crippen LogP contribution in [0.2, 0.25) is 0 Å². The maximum atomic E-state index is 12.7. The van der Waals surface area contributed by atoms with Gasteiger partial charge in [-0.05, 0) is 54.8 Å². The molecule has 1 atom stereocenters. The highest BCUT2D eigenvalue weighted by Crippen LogP contribution is 2.39. The molecule has 2 N–H and O–H groups in total. The van der Waals surface area contributed by atoms with E-state index in [2.05, 4.69) is 33.0 Å². The first-order valence-corrected chi connectivity index (χ1v) is 11.0. The van der Waals surface area contributed by atoms with Crippen LogP contribution >= 0.6 is 15.9 Å². The molecule has 0 spiro atoms. The van der Waals surface area contributed by atoms with E-state index >= 15 is 0 Å². The lowest BCUT2D eigenvalue weighted by Crippen LogP contribution is -2.40. The number of ether oxygens (including phenoxy) is 2. The fourth-order valence-corrected chi connectivity index (χ4v) is 4.37. The van der Waals surface area contributed by atoms with E-state index in [0.717, 1.165) is 33.4 Å². The number of carbonyl (C=O) groups is 1. The molecule has 0 fully saturated rings. The Kier molecular flexibility index (Phi) is 6.29. The maximum Gasteiger partial charge on any atom is 0.410 e. The number of hydrogen-bond acceptors (Lipinski definition) is 4. The van der Waals surface area contributed by atoms with Crippen molar-refractivity contribution in [3.63, 3.8) is 0 Å². The van der Waals surface area contributed by atoms with Crippen LogP contribution in [0.5, 0.6) is 5.75 Å². The van der Waals surface area contributed by atoms with E-state index in [9.17, 15) is 4.79 Å². The third-order valence-corrected chi connectivity index (χ3v) is 5.85. The molecule has 0 aliphatic carbocycles. The second-order valence-corrected chi connectivity index (χ2v) is 8.16. The molecule has 6 nitrogen and oxygen atoms in total. The molecule has 0 saturated heterocycles. The van der Waals surface area contributed by atoms with Crippen LogP contribution in [0.15, 0.2) is 46.9 Å². The molecule has 1 aliphatic rings. The molecule has 0 bridgehead atoms. The highest BCUT2D eigenvalue weighted by molar-refractivity contribution is 9.10. The number of hydrogen-bond donors (Lipinski definition) is 2. The summed E-state index contributed by atoms with van der Waals surface area (Å²) in [5.74, 6) is 0.742. The van der Waals surface area contributed by atoms with Crippen molar-refractivity contribution in [3.05, 3.63) is 63.8 Å². The zero-order valence-corrected chi connectivity index (χ0v) is 18.4. The van der Waals surface area contributed by atoms with Gasteiger partial charge >= 0.3 is 6.09 Å². The van der Waals surface area contributed by atoms with Gasteiger partial charge in [-0.2, -0.15) is 0 Å². The number of H-pyrrole nitrogens is 1. The predicted octanol–water partition coefficient (Wildman–Crippen LogP) is 4.80. The Hall–Kier alpha value is -2.51. The summed E-state index contributed by atoms with van der Waals surface area (Å²) in [6.45, 7) is 3.32. The standard InChI is InChI=1S/C23H25BrN2O4/c1-2-29-23(28)26-11-10-18-19-14-16(24)6-9-20(19)25-21(18)22(26)15-4-7-17(8-5-15)30-13-3-12-27/h4-9,14,22,25,27H,2-3,10-13H2,1H3. The fraction of sp³-hybridized carbons (Fsp3) is 0.348. The molecule has 1 aliphatic heterocycles. The number of carbonyl (C=O) groups excluding carboxylic acids is 1. The summed E-state index contributed by atoms with van der Waals surface area (Å²) in [6.07, 6.45) is 1.05. The topological polar surface area (TPSA) is 74.8 Å². The van der Waals surface area contributed by atoms with Crippen molar-refractivity contribution in [3.8, 4) is 5.75 Å². The Morgan fingerprint density at radius 3 is 2.80 bits per heavy atom. The van der Waals surface area contributed by atoms with Gasteiger partial charge in [-0.15, -0.1) is 0 Å². The molecule has 2 aromatic carbocycles. The molecule has 0 saturated carbocycles. The molecule has 0 radical (unpaired) electrons. The van der Waals surface area contributed by atoms with Crippen molar-refractivity contribution in [2.45, 2.75) is 25.8 Å². The minimum atomic E-state index is -0.309. The van der Waals surface area contributed by atoms with Crippen LogP contribution in [0.1, 0.15) is 36.2 Å². The van der Waals surface area contributed by atoms with E-state index < -0.39 is 0 Å². The number of benzene rings is 2. The lowest BCUT2D eigenvalue weighted by molar-refractivity contribution is 0.0932. The number of rotatable bonds is 6. The second kappa shape index (κ2) is 9.10. The van der Waals surface area contributed by atoms with Crippen LogP contribution in [0, 0.1) is 0 Å². The van der Waals surface area contributed by atoms with Crippen LogP contribution in [0.25, 0.3) is 10.9 Å². The minimum absolute atomic E-state index is 0.105. The number of nitrogens with one attached hydrogen (secondary N) is 1. The molecule has 7 heteroatoms. The average molecular weight is 473 g/mol. The minimum Gasteiger partial charge on any atom is -0.494 e. The third kappa shape index (κ3) is 4.04. The lowest BCUT2D eigenvalue weighted by atomic mass is 9.92. The molecule has 3 aromatic rings. The van der Waals surface area contributed by atoms with Crippen LogP contribution in [-0.2, 0) is 11.2 Å². The molecule has 4 rings (SSSR count). The first-order chi connectivity index (χ1) is 14.6. The van der Waals surface area contributed by atoms with Crippen molar-refractivity contribution >= 4 is 32.9 Å². The number of amides is 1. The van der Waals surface area contributed by atoms with Gasteiger partial charge in [-0.25, -0.2) is 4.79 Å². The zero-order chi connectivity index (χ0) is 21.1. The lowest BCUT2D eigenvalue weighted by Gasteiger charge is -2.35. The van der Waals surface area contributed by atoms with Gasteiger partial charge in [0.25, 0.3) is 0 Å². The summed E-state index contributed by atoms with van der Waals surface area (Å²) in [7, 11) is 0. The Labute approximate surface area is 183 Å². The van der Waals surface area contributed by atoms with Crippen LogP contribution in [0.4, 0.5) is 4.79 Å². The molecular weight excluding hydrogens is 448 g/mol. The Morgan fingerprint density at radius 2 is 2.07 bits per heavy atom. The monoisotopic (exact) mass is 472 g/mol.